The number of rotatable bonds is 7. The van der Waals surface area contributed by atoms with Crippen LogP contribution in [0.15, 0.2) is 10.6 Å². The Hall–Kier alpha value is -2.28. The smallest absolute Gasteiger partial charge is 0.353 e. The number of thioether (sulfide) groups is 1. The van der Waals surface area contributed by atoms with Gasteiger partial charge in [0.25, 0.3) is 5.91 Å². The number of β-lactam (4-membered cyclic amide) rings is 1. The third kappa shape index (κ3) is 4.28. The number of halogens is 3. The molecule has 0 saturated carbocycles. The number of amides is 3. The van der Waals surface area contributed by atoms with Crippen LogP contribution in [0.1, 0.15) is 26.7 Å². The molecule has 3 saturated heterocycles. The molecule has 4 rings (SSSR count). The summed E-state index contributed by atoms with van der Waals surface area (Å²) in [6.45, 7) is 4.13. The van der Waals surface area contributed by atoms with Gasteiger partial charge in [-0.15, -0.1) is 11.8 Å². The van der Waals surface area contributed by atoms with E-state index >= 15 is 0 Å². The van der Waals surface area contributed by atoms with E-state index in [1.54, 1.807) is 6.92 Å². The van der Waals surface area contributed by atoms with Gasteiger partial charge in [0, 0.05) is 35.2 Å². The van der Waals surface area contributed by atoms with E-state index < -0.39 is 54.4 Å². The summed E-state index contributed by atoms with van der Waals surface area (Å²) in [5.74, 6) is -4.64. The molecule has 0 bridgehead atoms. The van der Waals surface area contributed by atoms with Gasteiger partial charge in [-0.1, -0.05) is 6.92 Å². The highest BCUT2D eigenvalue weighted by Crippen LogP contribution is 2.51. The molecule has 4 aliphatic rings. The van der Waals surface area contributed by atoms with E-state index in [-0.39, 0.29) is 29.3 Å². The number of hydrogen-bond donors (Lipinski definition) is 3. The Kier molecular flexibility index (Phi) is 6.87. The maximum Gasteiger partial charge on any atom is 0.353 e. The normalized spacial score (nSPS) is 33.9. The zero-order valence-electron chi connectivity index (χ0n) is 18.7. The predicted octanol–water partition coefficient (Wildman–Crippen LogP) is 0.563. The van der Waals surface area contributed by atoms with Gasteiger partial charge in [0.2, 0.25) is 11.8 Å². The molecule has 0 aromatic rings. The maximum atomic E-state index is 13.5. The van der Waals surface area contributed by atoms with E-state index in [1.807, 2.05) is 0 Å². The molecule has 7 atom stereocenters. The minimum absolute atomic E-state index is 0.0839. The lowest BCUT2D eigenvalue weighted by Gasteiger charge is -2.47. The van der Waals surface area contributed by atoms with Crippen LogP contribution in [-0.2, 0) is 19.2 Å². The van der Waals surface area contributed by atoms with E-state index in [2.05, 4.69) is 10.6 Å². The van der Waals surface area contributed by atoms with Gasteiger partial charge in [0.1, 0.15) is 11.9 Å². The van der Waals surface area contributed by atoms with E-state index in [0.29, 0.717) is 30.8 Å². The van der Waals surface area contributed by atoms with Crippen molar-refractivity contribution >= 4 is 35.5 Å². The van der Waals surface area contributed by atoms with Crippen LogP contribution in [0.4, 0.5) is 13.2 Å². The molecular formula is C21H27F3N4O5S. The minimum Gasteiger partial charge on any atom is -0.477 e. The van der Waals surface area contributed by atoms with E-state index in [4.69, 9.17) is 0 Å². The largest absolute Gasteiger partial charge is 0.477 e. The zero-order valence-corrected chi connectivity index (χ0v) is 19.5. The number of likely N-dealkylation sites (tertiary alicyclic amines) is 1. The second kappa shape index (κ2) is 9.40. The first-order valence-corrected chi connectivity index (χ1v) is 12.1. The molecule has 3 fully saturated rings. The number of carbonyl (C=O) groups excluding carboxylic acids is 3. The van der Waals surface area contributed by atoms with Gasteiger partial charge < -0.3 is 25.5 Å². The second-order valence-corrected chi connectivity index (χ2v) is 10.6. The fourth-order valence-corrected chi connectivity index (χ4v) is 6.85. The summed E-state index contributed by atoms with van der Waals surface area (Å²) in [5, 5.41) is 15.0. The van der Waals surface area contributed by atoms with Crippen molar-refractivity contribution in [3.05, 3.63) is 10.6 Å². The molecule has 0 spiro atoms. The first kappa shape index (κ1) is 24.8. The van der Waals surface area contributed by atoms with Crippen LogP contribution in [0, 0.1) is 11.8 Å². The Morgan fingerprint density at radius 1 is 1.29 bits per heavy atom. The van der Waals surface area contributed by atoms with Crippen molar-refractivity contribution in [2.45, 2.75) is 62.7 Å². The van der Waals surface area contributed by atoms with Gasteiger partial charge in [-0.25, -0.2) is 9.18 Å². The molecule has 9 nitrogen and oxygen atoms in total. The molecule has 0 radical (unpaired) electrons. The van der Waals surface area contributed by atoms with Crippen molar-refractivity contribution in [3.8, 4) is 0 Å². The van der Waals surface area contributed by atoms with Gasteiger partial charge in [0.05, 0.1) is 24.5 Å². The quantitative estimate of drug-likeness (QED) is 0.434. The Labute approximate surface area is 198 Å². The molecular weight excluding hydrogens is 477 g/mol. The summed E-state index contributed by atoms with van der Waals surface area (Å²) in [7, 11) is 0. The summed E-state index contributed by atoms with van der Waals surface area (Å²) < 4.78 is 38.7. The summed E-state index contributed by atoms with van der Waals surface area (Å²) in [6, 6.07) is -1.93. The number of carboxylic acid groups (broad SMARTS) is 1. The highest BCUT2D eigenvalue weighted by Gasteiger charge is 2.60. The average molecular weight is 505 g/mol. The molecule has 4 heterocycles. The topological polar surface area (TPSA) is 119 Å². The summed E-state index contributed by atoms with van der Waals surface area (Å²) in [5.41, 5.74) is -0.134. The highest BCUT2D eigenvalue weighted by atomic mass is 32.2. The lowest BCUT2D eigenvalue weighted by molar-refractivity contribution is -0.159. The SMILES string of the molecule is C[C@@H](NC(=O)C(F)F)[C@H]1C(=O)N2C(C(=O)O)=C(S[C@@H]3CN[C@H](C(=O)N4CC[C@@H](F)C4)C3)[C@H](C)[C@H]12. The fraction of sp³-hybridized carbons (Fsp3) is 0.714. The third-order valence-electron chi connectivity index (χ3n) is 7.02. The maximum absolute atomic E-state index is 13.5. The predicted molar refractivity (Wildman–Crippen MR) is 115 cm³/mol. The monoisotopic (exact) mass is 504 g/mol. The Bertz CT molecular complexity index is 934. The van der Waals surface area contributed by atoms with Crippen LogP contribution in [0.25, 0.3) is 0 Å². The van der Waals surface area contributed by atoms with Gasteiger partial charge in [0.15, 0.2) is 0 Å². The average Bonchev–Trinajstić information content (AvgIpc) is 3.46. The molecule has 3 N–H and O–H groups in total. The Morgan fingerprint density at radius 2 is 2.00 bits per heavy atom. The van der Waals surface area contributed by atoms with Crippen LogP contribution in [0.2, 0.25) is 0 Å². The number of carbonyl (C=O) groups is 4. The molecule has 0 aliphatic carbocycles. The van der Waals surface area contributed by atoms with Crippen LogP contribution >= 0.6 is 11.8 Å². The first-order chi connectivity index (χ1) is 16.0. The van der Waals surface area contributed by atoms with Gasteiger partial charge in [-0.2, -0.15) is 8.78 Å². The van der Waals surface area contributed by atoms with Crippen LogP contribution in [-0.4, -0.2) is 94.2 Å². The molecule has 4 aliphatic heterocycles. The summed E-state index contributed by atoms with van der Waals surface area (Å²) in [4.78, 5) is 52.1. The minimum atomic E-state index is -3.21. The van der Waals surface area contributed by atoms with Crippen molar-refractivity contribution in [1.82, 2.24) is 20.4 Å². The highest BCUT2D eigenvalue weighted by molar-refractivity contribution is 8.03. The number of nitrogens with one attached hydrogen (secondary N) is 2. The molecule has 0 unspecified atom stereocenters. The van der Waals surface area contributed by atoms with Crippen molar-refractivity contribution in [3.63, 3.8) is 0 Å². The van der Waals surface area contributed by atoms with Crippen molar-refractivity contribution < 1.29 is 37.5 Å². The lowest BCUT2D eigenvalue weighted by Crippen LogP contribution is -2.66. The second-order valence-electron chi connectivity index (χ2n) is 9.24. The van der Waals surface area contributed by atoms with Crippen molar-refractivity contribution in [2.75, 3.05) is 19.6 Å². The summed E-state index contributed by atoms with van der Waals surface area (Å²) >= 11 is 1.30. The Balaban J connectivity index is 1.44. The van der Waals surface area contributed by atoms with E-state index in [1.165, 1.54) is 28.5 Å². The van der Waals surface area contributed by atoms with Gasteiger partial charge in [-0.3, -0.25) is 14.4 Å². The van der Waals surface area contributed by atoms with E-state index in [0.717, 1.165) is 0 Å². The van der Waals surface area contributed by atoms with Gasteiger partial charge >= 0.3 is 12.4 Å². The molecule has 34 heavy (non-hydrogen) atoms. The van der Waals surface area contributed by atoms with Crippen LogP contribution < -0.4 is 10.6 Å². The third-order valence-corrected chi connectivity index (χ3v) is 8.53. The number of fused-ring (bicyclic) bond motifs is 1. The van der Waals surface area contributed by atoms with E-state index in [9.17, 15) is 37.5 Å². The van der Waals surface area contributed by atoms with Crippen molar-refractivity contribution in [1.29, 1.82) is 0 Å². The molecule has 0 aromatic heterocycles. The van der Waals surface area contributed by atoms with Crippen molar-refractivity contribution in [2.24, 2.45) is 11.8 Å². The molecule has 0 aromatic carbocycles. The lowest BCUT2D eigenvalue weighted by atomic mass is 9.78. The number of nitrogens with zero attached hydrogens (tertiary/aromatic N) is 2. The number of aliphatic carboxylic acids is 1. The standard InChI is InChI=1S/C21H27F3N4O5S/c1-8-14-13(9(2)26-18(29)17(23)24)20(31)28(14)15(21(32)33)16(8)34-11-5-12(25-6-11)19(30)27-4-3-10(22)7-27/h8-14,17,25H,3-7H2,1-2H3,(H,26,29)(H,32,33)/t8-,9-,10-,11+,12+,13-,14-/m1/s1. The molecule has 13 heteroatoms. The summed E-state index contributed by atoms with van der Waals surface area (Å²) in [6.07, 6.45) is -3.47. The number of alkyl halides is 3. The van der Waals surface area contributed by atoms with Crippen LogP contribution in [0.5, 0.6) is 0 Å². The van der Waals surface area contributed by atoms with Gasteiger partial charge in [-0.05, 0) is 19.8 Å². The first-order valence-electron chi connectivity index (χ1n) is 11.2. The Morgan fingerprint density at radius 3 is 2.59 bits per heavy atom. The number of hydrogen-bond acceptors (Lipinski definition) is 6. The molecule has 3 amide bonds. The number of carboxylic acids is 1. The van der Waals surface area contributed by atoms with Crippen LogP contribution in [0.3, 0.4) is 0 Å². The molecule has 188 valence electrons. The zero-order chi connectivity index (χ0) is 24.9. The fourth-order valence-electron chi connectivity index (χ4n) is 5.37.